The van der Waals surface area contributed by atoms with Gasteiger partial charge in [0.15, 0.2) is 0 Å². The second kappa shape index (κ2) is 7.13. The van der Waals surface area contributed by atoms with Crippen LogP contribution in [0.4, 0.5) is 11.4 Å². The van der Waals surface area contributed by atoms with Crippen LogP contribution in [0.2, 0.25) is 0 Å². The first-order valence-electron chi connectivity index (χ1n) is 5.72. The van der Waals surface area contributed by atoms with Crippen molar-refractivity contribution in [3.05, 3.63) is 24.3 Å². The third-order valence-corrected chi connectivity index (χ3v) is 2.13. The molecule has 0 saturated carbocycles. The minimum absolute atomic E-state index is 0.134. The van der Waals surface area contributed by atoms with Crippen LogP contribution in [0.3, 0.4) is 0 Å². The second-order valence-corrected chi connectivity index (χ2v) is 4.25. The van der Waals surface area contributed by atoms with Crippen LogP contribution < -0.4 is 10.6 Å². The summed E-state index contributed by atoms with van der Waals surface area (Å²) < 4.78 is 0. The summed E-state index contributed by atoms with van der Waals surface area (Å²) in [4.78, 5) is 24.6. The number of carbonyl (C=O) groups is 2. The molecule has 0 heterocycles. The average Bonchev–Trinajstić information content (AvgIpc) is 2.28. The Kier molecular flexibility index (Phi) is 5.51. The number of hydrogen-bond donors (Lipinski definition) is 2. The summed E-state index contributed by atoms with van der Waals surface area (Å²) in [5.41, 5.74) is 1.14. The van der Waals surface area contributed by atoms with Gasteiger partial charge in [0.05, 0.1) is 12.6 Å². The van der Waals surface area contributed by atoms with Crippen LogP contribution in [0.5, 0.6) is 0 Å². The van der Waals surface area contributed by atoms with Crippen molar-refractivity contribution in [1.82, 2.24) is 4.90 Å². The summed E-state index contributed by atoms with van der Waals surface area (Å²) in [5, 5.41) is 13.7. The molecular weight excluding hydrogens is 244 g/mol. The van der Waals surface area contributed by atoms with E-state index in [-0.39, 0.29) is 24.8 Å². The van der Waals surface area contributed by atoms with E-state index in [9.17, 15) is 9.59 Å². The highest BCUT2D eigenvalue weighted by Gasteiger charge is 2.05. The zero-order valence-electron chi connectivity index (χ0n) is 10.9. The van der Waals surface area contributed by atoms with Crippen LogP contribution in [-0.2, 0) is 9.59 Å². The van der Waals surface area contributed by atoms with Gasteiger partial charge in [-0.15, -0.1) is 0 Å². The number of amides is 2. The summed E-state index contributed by atoms with van der Waals surface area (Å²) in [6.45, 7) is 0.283. The van der Waals surface area contributed by atoms with Crippen LogP contribution in [0.1, 0.15) is 6.42 Å². The topological polar surface area (TPSA) is 85.2 Å². The maximum Gasteiger partial charge on any atom is 0.238 e. The fourth-order valence-electron chi connectivity index (χ4n) is 1.44. The molecule has 0 aromatic heterocycles. The first-order chi connectivity index (χ1) is 9.01. The normalized spacial score (nSPS) is 9.79. The van der Waals surface area contributed by atoms with E-state index in [4.69, 9.17) is 5.26 Å². The number of anilines is 2. The van der Waals surface area contributed by atoms with Gasteiger partial charge in [-0.3, -0.25) is 9.59 Å². The van der Waals surface area contributed by atoms with Crippen LogP contribution >= 0.6 is 0 Å². The van der Waals surface area contributed by atoms with E-state index in [1.807, 2.05) is 0 Å². The average molecular weight is 260 g/mol. The van der Waals surface area contributed by atoms with Crippen molar-refractivity contribution in [2.75, 3.05) is 31.3 Å². The zero-order valence-corrected chi connectivity index (χ0v) is 10.9. The van der Waals surface area contributed by atoms with Gasteiger partial charge in [-0.25, -0.2) is 0 Å². The van der Waals surface area contributed by atoms with Crippen molar-refractivity contribution < 1.29 is 9.59 Å². The zero-order chi connectivity index (χ0) is 14.3. The first kappa shape index (κ1) is 14.7. The summed E-state index contributed by atoms with van der Waals surface area (Å²) in [6.07, 6.45) is -0.197. The van der Waals surface area contributed by atoms with Crippen molar-refractivity contribution in [3.8, 4) is 6.07 Å². The molecule has 0 aliphatic rings. The van der Waals surface area contributed by atoms with E-state index < -0.39 is 0 Å². The lowest BCUT2D eigenvalue weighted by Gasteiger charge is -2.11. The Bertz CT molecular complexity index is 506. The maximum absolute atomic E-state index is 11.6. The van der Waals surface area contributed by atoms with E-state index in [2.05, 4.69) is 10.6 Å². The number of nitrogens with one attached hydrogen (secondary N) is 2. The highest BCUT2D eigenvalue weighted by Crippen LogP contribution is 2.15. The molecule has 2 N–H and O–H groups in total. The molecule has 100 valence electrons. The highest BCUT2D eigenvalue weighted by molar-refractivity contribution is 5.95. The molecule has 6 nitrogen and oxygen atoms in total. The Morgan fingerprint density at radius 3 is 2.32 bits per heavy atom. The van der Waals surface area contributed by atoms with Gasteiger partial charge in [-0.1, -0.05) is 6.07 Å². The van der Waals surface area contributed by atoms with Crippen LogP contribution in [0.15, 0.2) is 24.3 Å². The molecule has 1 aromatic rings. The molecular formula is C13H16N4O2. The largest absolute Gasteiger partial charge is 0.325 e. The monoisotopic (exact) mass is 260 g/mol. The molecule has 0 bridgehead atoms. The standard InChI is InChI=1S/C13H16N4O2/c1-17(2)9-13(19)16-11-5-3-4-10(8-11)15-12(18)6-7-14/h3-5,8H,6,9H2,1-2H3,(H,15,18)(H,16,19). The lowest BCUT2D eigenvalue weighted by atomic mass is 10.2. The number of carbonyl (C=O) groups excluding carboxylic acids is 2. The Labute approximate surface area is 112 Å². The minimum Gasteiger partial charge on any atom is -0.325 e. The smallest absolute Gasteiger partial charge is 0.238 e. The molecule has 0 fully saturated rings. The number of likely N-dealkylation sites (N-methyl/N-ethyl adjacent to an activating group) is 1. The third kappa shape index (κ3) is 5.66. The molecule has 19 heavy (non-hydrogen) atoms. The SMILES string of the molecule is CN(C)CC(=O)Nc1cccc(NC(=O)CC#N)c1. The van der Waals surface area contributed by atoms with Crippen molar-refractivity contribution in [2.24, 2.45) is 0 Å². The predicted octanol–water partition coefficient (Wildman–Crippen LogP) is 1.04. The Morgan fingerprint density at radius 2 is 1.79 bits per heavy atom. The van der Waals surface area contributed by atoms with Gasteiger partial charge in [-0.2, -0.15) is 5.26 Å². The number of rotatable bonds is 5. The Balaban J connectivity index is 2.64. The fourth-order valence-corrected chi connectivity index (χ4v) is 1.44. The molecule has 0 unspecified atom stereocenters. The van der Waals surface area contributed by atoms with Gasteiger partial charge < -0.3 is 15.5 Å². The van der Waals surface area contributed by atoms with Gasteiger partial charge in [-0.05, 0) is 32.3 Å². The fraction of sp³-hybridized carbons (Fsp3) is 0.308. The second-order valence-electron chi connectivity index (χ2n) is 4.25. The van der Waals surface area contributed by atoms with Crippen molar-refractivity contribution >= 4 is 23.2 Å². The summed E-state index contributed by atoms with van der Waals surface area (Å²) in [6, 6.07) is 8.55. The van der Waals surface area contributed by atoms with Gasteiger partial charge in [0.1, 0.15) is 6.42 Å². The Morgan fingerprint density at radius 1 is 1.21 bits per heavy atom. The quantitative estimate of drug-likeness (QED) is 0.828. The third-order valence-electron chi connectivity index (χ3n) is 2.13. The molecule has 0 spiro atoms. The highest BCUT2D eigenvalue weighted by atomic mass is 16.2. The number of nitrogens with zero attached hydrogens (tertiary/aromatic N) is 2. The van der Waals surface area contributed by atoms with E-state index in [1.165, 1.54) is 0 Å². The molecule has 6 heteroatoms. The van der Waals surface area contributed by atoms with Crippen molar-refractivity contribution in [3.63, 3.8) is 0 Å². The summed E-state index contributed by atoms with van der Waals surface area (Å²) in [5.74, 6) is -0.509. The van der Waals surface area contributed by atoms with Crippen LogP contribution in [0, 0.1) is 11.3 Å². The molecule has 0 atom stereocenters. The van der Waals surface area contributed by atoms with Crippen molar-refractivity contribution in [2.45, 2.75) is 6.42 Å². The molecule has 0 aliphatic carbocycles. The van der Waals surface area contributed by atoms with E-state index in [0.717, 1.165) is 0 Å². The molecule has 1 rings (SSSR count). The number of hydrogen-bond acceptors (Lipinski definition) is 4. The van der Waals surface area contributed by atoms with Gasteiger partial charge in [0.2, 0.25) is 11.8 Å². The van der Waals surface area contributed by atoms with Crippen molar-refractivity contribution in [1.29, 1.82) is 5.26 Å². The maximum atomic E-state index is 11.6. The first-order valence-corrected chi connectivity index (χ1v) is 5.72. The summed E-state index contributed by atoms with van der Waals surface area (Å²) >= 11 is 0. The van der Waals surface area contributed by atoms with E-state index in [0.29, 0.717) is 11.4 Å². The summed E-state index contributed by atoms with van der Waals surface area (Å²) in [7, 11) is 3.61. The van der Waals surface area contributed by atoms with E-state index in [1.54, 1.807) is 49.3 Å². The van der Waals surface area contributed by atoms with Gasteiger partial charge in [0, 0.05) is 11.4 Å². The molecule has 1 aromatic carbocycles. The Hall–Kier alpha value is -2.39. The number of nitriles is 1. The predicted molar refractivity (Wildman–Crippen MR) is 72.5 cm³/mol. The molecule has 2 amide bonds. The molecule has 0 aliphatic heterocycles. The van der Waals surface area contributed by atoms with Crippen LogP contribution in [0.25, 0.3) is 0 Å². The van der Waals surface area contributed by atoms with E-state index >= 15 is 0 Å². The lowest BCUT2D eigenvalue weighted by molar-refractivity contribution is -0.117. The van der Waals surface area contributed by atoms with Gasteiger partial charge in [0.25, 0.3) is 0 Å². The van der Waals surface area contributed by atoms with Crippen LogP contribution in [-0.4, -0.2) is 37.4 Å². The minimum atomic E-state index is -0.376. The number of benzene rings is 1. The molecule has 0 saturated heterocycles. The van der Waals surface area contributed by atoms with Gasteiger partial charge >= 0.3 is 0 Å². The molecule has 0 radical (unpaired) electrons. The lowest BCUT2D eigenvalue weighted by Crippen LogP contribution is -2.27.